The molecule has 0 saturated heterocycles. The summed E-state index contributed by atoms with van der Waals surface area (Å²) >= 11 is 0. The molecule has 2 aromatic heterocycles. The third-order valence-corrected chi connectivity index (χ3v) is 4.01. The summed E-state index contributed by atoms with van der Waals surface area (Å²) in [6, 6.07) is 5.51. The highest BCUT2D eigenvalue weighted by atomic mass is 32.2. The lowest BCUT2D eigenvalue weighted by Crippen LogP contribution is -2.05. The van der Waals surface area contributed by atoms with E-state index in [-0.39, 0.29) is 10.8 Å². The molecule has 0 aliphatic carbocycles. The number of aryl methyl sites for hydroxylation is 1. The molecule has 0 aliphatic rings. The molecular weight excluding hydrogens is 309 g/mol. The topological polar surface area (TPSA) is 104 Å². The van der Waals surface area contributed by atoms with Gasteiger partial charge in [0.1, 0.15) is 11.6 Å². The Morgan fingerprint density at radius 1 is 1.18 bits per heavy atom. The molecule has 2 heterocycles. The lowest BCUT2D eigenvalue weighted by atomic mass is 10.1. The predicted molar refractivity (Wildman–Crippen MR) is 79.2 cm³/mol. The van der Waals surface area contributed by atoms with Gasteiger partial charge >= 0.3 is 0 Å². The number of nitrogen functional groups attached to an aromatic ring is 1. The van der Waals surface area contributed by atoms with Crippen LogP contribution in [0.3, 0.4) is 0 Å². The second-order valence-corrected chi connectivity index (χ2v) is 6.75. The van der Waals surface area contributed by atoms with Crippen molar-refractivity contribution in [2.45, 2.75) is 5.16 Å². The zero-order valence-corrected chi connectivity index (χ0v) is 12.6. The number of sulfone groups is 1. The maximum absolute atomic E-state index is 13.1. The van der Waals surface area contributed by atoms with Crippen molar-refractivity contribution < 1.29 is 12.8 Å². The Kier molecular flexibility index (Phi) is 3.10. The van der Waals surface area contributed by atoms with Crippen LogP contribution in [0.25, 0.3) is 22.3 Å². The van der Waals surface area contributed by atoms with Gasteiger partial charge in [-0.15, -0.1) is 0 Å². The molecule has 7 nitrogen and oxygen atoms in total. The second kappa shape index (κ2) is 4.73. The Hall–Kier alpha value is -2.55. The number of anilines is 1. The summed E-state index contributed by atoms with van der Waals surface area (Å²) in [5, 5.41) is 4.17. The first-order chi connectivity index (χ1) is 10.3. The summed E-state index contributed by atoms with van der Waals surface area (Å²) < 4.78 is 38.0. The average molecular weight is 321 g/mol. The maximum Gasteiger partial charge on any atom is 0.249 e. The SMILES string of the molecule is Cn1nc2nc(S(C)(=O)=O)nc(-c3ccc(F)cc3)c2c1N. The van der Waals surface area contributed by atoms with E-state index in [0.717, 1.165) is 6.26 Å². The van der Waals surface area contributed by atoms with E-state index < -0.39 is 15.7 Å². The van der Waals surface area contributed by atoms with Crippen molar-refractivity contribution >= 4 is 26.7 Å². The van der Waals surface area contributed by atoms with E-state index in [0.29, 0.717) is 22.5 Å². The number of nitrogens with two attached hydrogens (primary N) is 1. The molecule has 0 atom stereocenters. The van der Waals surface area contributed by atoms with E-state index in [2.05, 4.69) is 15.1 Å². The van der Waals surface area contributed by atoms with Gasteiger partial charge in [-0.3, -0.25) is 4.68 Å². The van der Waals surface area contributed by atoms with Crippen LogP contribution in [0.5, 0.6) is 0 Å². The molecular formula is C13H12FN5O2S. The molecule has 0 fully saturated rings. The lowest BCUT2D eigenvalue weighted by molar-refractivity contribution is 0.593. The minimum Gasteiger partial charge on any atom is -0.383 e. The molecule has 0 aliphatic heterocycles. The van der Waals surface area contributed by atoms with E-state index in [1.807, 2.05) is 0 Å². The lowest BCUT2D eigenvalue weighted by Gasteiger charge is -2.05. The first-order valence-electron chi connectivity index (χ1n) is 6.23. The predicted octanol–water partition coefficient (Wildman–Crippen LogP) is 1.16. The van der Waals surface area contributed by atoms with Gasteiger partial charge in [0.05, 0.1) is 11.1 Å². The molecule has 3 aromatic rings. The monoisotopic (exact) mass is 321 g/mol. The number of hydrogen-bond acceptors (Lipinski definition) is 6. The van der Waals surface area contributed by atoms with Gasteiger partial charge in [-0.2, -0.15) is 10.1 Å². The minimum absolute atomic E-state index is 0.176. The number of aromatic nitrogens is 4. The highest BCUT2D eigenvalue weighted by Gasteiger charge is 2.21. The molecule has 2 N–H and O–H groups in total. The van der Waals surface area contributed by atoms with E-state index >= 15 is 0 Å². The third kappa shape index (κ3) is 2.29. The van der Waals surface area contributed by atoms with Gasteiger partial charge in [-0.1, -0.05) is 0 Å². The molecule has 1 aromatic carbocycles. The Morgan fingerprint density at radius 3 is 2.41 bits per heavy atom. The van der Waals surface area contributed by atoms with E-state index in [1.54, 1.807) is 7.05 Å². The van der Waals surface area contributed by atoms with Crippen molar-refractivity contribution in [3.05, 3.63) is 30.1 Å². The zero-order valence-electron chi connectivity index (χ0n) is 11.8. The van der Waals surface area contributed by atoms with Crippen molar-refractivity contribution in [1.82, 2.24) is 19.7 Å². The van der Waals surface area contributed by atoms with Crippen LogP contribution in [0.2, 0.25) is 0 Å². The van der Waals surface area contributed by atoms with Crippen molar-refractivity contribution in [3.8, 4) is 11.3 Å². The van der Waals surface area contributed by atoms with Gasteiger partial charge in [0, 0.05) is 18.9 Å². The van der Waals surface area contributed by atoms with Crippen molar-refractivity contribution in [2.75, 3.05) is 12.0 Å². The maximum atomic E-state index is 13.1. The first-order valence-corrected chi connectivity index (χ1v) is 8.12. The molecule has 0 amide bonds. The molecule has 0 saturated carbocycles. The van der Waals surface area contributed by atoms with Crippen LogP contribution in [-0.4, -0.2) is 34.4 Å². The van der Waals surface area contributed by atoms with Gasteiger partial charge in [0.2, 0.25) is 15.0 Å². The molecule has 0 spiro atoms. The van der Waals surface area contributed by atoms with Crippen molar-refractivity contribution in [1.29, 1.82) is 0 Å². The van der Waals surface area contributed by atoms with Crippen molar-refractivity contribution in [2.24, 2.45) is 7.05 Å². The molecule has 0 radical (unpaired) electrons. The van der Waals surface area contributed by atoms with Crippen LogP contribution in [0.1, 0.15) is 0 Å². The normalized spacial score (nSPS) is 12.0. The molecule has 0 bridgehead atoms. The molecule has 0 unspecified atom stereocenters. The highest BCUT2D eigenvalue weighted by Crippen LogP contribution is 2.30. The standard InChI is InChI=1S/C13H12FN5O2S/c1-19-11(15)9-10(7-3-5-8(14)6-4-7)16-13(22(2,20)21)17-12(9)18-19/h3-6H,15H2,1-2H3. The van der Waals surface area contributed by atoms with Crippen LogP contribution in [0.4, 0.5) is 10.2 Å². The van der Waals surface area contributed by atoms with Gasteiger partial charge in [0.15, 0.2) is 5.65 Å². The van der Waals surface area contributed by atoms with E-state index in [4.69, 9.17) is 5.73 Å². The zero-order chi connectivity index (χ0) is 16.1. The van der Waals surface area contributed by atoms with Crippen LogP contribution < -0.4 is 5.73 Å². The van der Waals surface area contributed by atoms with Crippen LogP contribution in [-0.2, 0) is 16.9 Å². The number of nitrogens with zero attached hydrogens (tertiary/aromatic N) is 4. The fourth-order valence-corrected chi connectivity index (χ4v) is 2.59. The Balaban J connectivity index is 2.42. The number of hydrogen-bond donors (Lipinski definition) is 1. The Morgan fingerprint density at radius 2 is 1.82 bits per heavy atom. The van der Waals surface area contributed by atoms with Gasteiger partial charge in [-0.25, -0.2) is 17.8 Å². The minimum atomic E-state index is -3.62. The molecule has 114 valence electrons. The first kappa shape index (κ1) is 14.4. The fraction of sp³-hybridized carbons (Fsp3) is 0.154. The Bertz CT molecular complexity index is 980. The van der Waals surface area contributed by atoms with Crippen LogP contribution >= 0.6 is 0 Å². The fourth-order valence-electron chi connectivity index (χ4n) is 2.08. The second-order valence-electron chi connectivity index (χ2n) is 4.84. The largest absolute Gasteiger partial charge is 0.383 e. The quantitative estimate of drug-likeness (QED) is 0.710. The van der Waals surface area contributed by atoms with Crippen LogP contribution in [0, 0.1) is 5.82 Å². The number of benzene rings is 1. The number of fused-ring (bicyclic) bond motifs is 1. The van der Waals surface area contributed by atoms with Crippen LogP contribution in [0.15, 0.2) is 29.4 Å². The third-order valence-electron chi connectivity index (χ3n) is 3.17. The highest BCUT2D eigenvalue weighted by molar-refractivity contribution is 7.90. The molecule has 9 heteroatoms. The summed E-state index contributed by atoms with van der Waals surface area (Å²) in [7, 11) is -2.01. The van der Waals surface area contributed by atoms with Gasteiger partial charge in [0.25, 0.3) is 0 Å². The summed E-state index contributed by atoms with van der Waals surface area (Å²) in [6.07, 6.45) is 1.01. The smallest absolute Gasteiger partial charge is 0.249 e. The Labute approximate surface area is 125 Å². The van der Waals surface area contributed by atoms with E-state index in [9.17, 15) is 12.8 Å². The molecule has 22 heavy (non-hydrogen) atoms. The average Bonchev–Trinajstić information content (AvgIpc) is 2.73. The summed E-state index contributed by atoms with van der Waals surface area (Å²) in [5.74, 6) is -0.106. The summed E-state index contributed by atoms with van der Waals surface area (Å²) in [5.41, 5.74) is 6.97. The van der Waals surface area contributed by atoms with Gasteiger partial charge < -0.3 is 5.73 Å². The number of rotatable bonds is 2. The van der Waals surface area contributed by atoms with Gasteiger partial charge in [-0.05, 0) is 24.3 Å². The summed E-state index contributed by atoms with van der Waals surface area (Å²) in [4.78, 5) is 8.04. The molecule has 3 rings (SSSR count). The number of halogens is 1. The van der Waals surface area contributed by atoms with E-state index in [1.165, 1.54) is 28.9 Å². The van der Waals surface area contributed by atoms with Crippen molar-refractivity contribution in [3.63, 3.8) is 0 Å². The summed E-state index contributed by atoms with van der Waals surface area (Å²) in [6.45, 7) is 0.